The molecular formula is C15H24N2O2S. The molecule has 0 aliphatic heterocycles. The van der Waals surface area contributed by atoms with Crippen molar-refractivity contribution in [2.24, 2.45) is 0 Å². The molecule has 2 rings (SSSR count). The van der Waals surface area contributed by atoms with E-state index in [0.29, 0.717) is 4.90 Å². The second kappa shape index (κ2) is 6.22. The van der Waals surface area contributed by atoms with Gasteiger partial charge >= 0.3 is 0 Å². The van der Waals surface area contributed by atoms with Gasteiger partial charge in [0, 0.05) is 24.0 Å². The standard InChI is InChI=1S/C15H24N2O2S/c1-13(2)17-15(8-4-3-5-9-15)12-20(18,19)14-7-6-10-16-11-14/h6-7,10-11,13,17H,3-5,8-9,12H2,1-2H3. The summed E-state index contributed by atoms with van der Waals surface area (Å²) in [6, 6.07) is 3.60. The van der Waals surface area contributed by atoms with Gasteiger partial charge in [-0.15, -0.1) is 0 Å². The first kappa shape index (κ1) is 15.4. The molecule has 0 unspecified atom stereocenters. The van der Waals surface area contributed by atoms with Crippen LogP contribution in [0, 0.1) is 0 Å². The van der Waals surface area contributed by atoms with Gasteiger partial charge in [-0.1, -0.05) is 33.1 Å². The van der Waals surface area contributed by atoms with Crippen molar-refractivity contribution < 1.29 is 8.42 Å². The molecular weight excluding hydrogens is 272 g/mol. The lowest BCUT2D eigenvalue weighted by Crippen LogP contribution is -2.54. The Labute approximate surface area is 121 Å². The van der Waals surface area contributed by atoms with Crippen molar-refractivity contribution in [3.05, 3.63) is 24.5 Å². The van der Waals surface area contributed by atoms with Gasteiger partial charge in [-0.3, -0.25) is 4.98 Å². The normalized spacial score (nSPS) is 19.1. The molecule has 1 aromatic heterocycles. The molecule has 0 amide bonds. The molecule has 1 heterocycles. The number of aromatic nitrogens is 1. The number of hydrogen-bond acceptors (Lipinski definition) is 4. The Bertz CT molecular complexity index is 520. The van der Waals surface area contributed by atoms with Crippen LogP contribution >= 0.6 is 0 Å². The molecule has 1 N–H and O–H groups in total. The van der Waals surface area contributed by atoms with Gasteiger partial charge in [-0.05, 0) is 25.0 Å². The topological polar surface area (TPSA) is 59.1 Å². The van der Waals surface area contributed by atoms with Crippen LogP contribution in [0.3, 0.4) is 0 Å². The summed E-state index contributed by atoms with van der Waals surface area (Å²) in [5.74, 6) is 0.171. The van der Waals surface area contributed by atoms with Crippen molar-refractivity contribution in [3.8, 4) is 0 Å². The lowest BCUT2D eigenvalue weighted by molar-refractivity contribution is 0.240. The zero-order valence-electron chi connectivity index (χ0n) is 12.3. The lowest BCUT2D eigenvalue weighted by atomic mass is 9.82. The summed E-state index contributed by atoms with van der Waals surface area (Å²) in [4.78, 5) is 4.26. The Kier molecular flexibility index (Phi) is 4.81. The minimum Gasteiger partial charge on any atom is -0.308 e. The van der Waals surface area contributed by atoms with Gasteiger partial charge in [0.25, 0.3) is 0 Å². The third-order valence-electron chi connectivity index (χ3n) is 3.87. The van der Waals surface area contributed by atoms with Gasteiger partial charge in [-0.25, -0.2) is 8.42 Å². The summed E-state index contributed by atoms with van der Waals surface area (Å²) in [5, 5.41) is 3.52. The van der Waals surface area contributed by atoms with Gasteiger partial charge in [0.1, 0.15) is 0 Å². The van der Waals surface area contributed by atoms with Crippen LogP contribution in [-0.4, -0.2) is 30.7 Å². The molecule has 4 nitrogen and oxygen atoms in total. The molecule has 0 radical (unpaired) electrons. The van der Waals surface area contributed by atoms with Crippen molar-refractivity contribution in [2.45, 2.75) is 62.4 Å². The van der Waals surface area contributed by atoms with Gasteiger partial charge in [0.2, 0.25) is 0 Å². The molecule has 1 fully saturated rings. The Hall–Kier alpha value is -0.940. The highest BCUT2D eigenvalue weighted by Gasteiger charge is 2.37. The van der Waals surface area contributed by atoms with Crippen molar-refractivity contribution in [1.29, 1.82) is 0 Å². The minimum atomic E-state index is -3.29. The van der Waals surface area contributed by atoms with Crippen LogP contribution in [0.25, 0.3) is 0 Å². The molecule has 0 spiro atoms. The molecule has 1 aromatic rings. The fourth-order valence-corrected chi connectivity index (χ4v) is 4.92. The number of rotatable bonds is 5. The number of pyridine rings is 1. The Balaban J connectivity index is 2.23. The van der Waals surface area contributed by atoms with Crippen LogP contribution in [0.1, 0.15) is 46.0 Å². The van der Waals surface area contributed by atoms with Crippen molar-refractivity contribution in [1.82, 2.24) is 10.3 Å². The zero-order chi connectivity index (χ0) is 14.6. The largest absolute Gasteiger partial charge is 0.308 e. The van der Waals surface area contributed by atoms with E-state index < -0.39 is 9.84 Å². The Morgan fingerprint density at radius 1 is 1.30 bits per heavy atom. The van der Waals surface area contributed by atoms with E-state index in [1.807, 2.05) is 0 Å². The van der Waals surface area contributed by atoms with Gasteiger partial charge in [-0.2, -0.15) is 0 Å². The fraction of sp³-hybridized carbons (Fsp3) is 0.667. The van der Waals surface area contributed by atoms with E-state index >= 15 is 0 Å². The summed E-state index contributed by atoms with van der Waals surface area (Å²) in [7, 11) is -3.29. The first-order valence-corrected chi connectivity index (χ1v) is 8.99. The van der Waals surface area contributed by atoms with Crippen LogP contribution in [0.4, 0.5) is 0 Å². The number of hydrogen-bond donors (Lipinski definition) is 1. The summed E-state index contributed by atoms with van der Waals surface area (Å²) >= 11 is 0. The van der Waals surface area contributed by atoms with E-state index in [2.05, 4.69) is 24.1 Å². The SMILES string of the molecule is CC(C)NC1(CS(=O)(=O)c2cccnc2)CCCCC1. The van der Waals surface area contributed by atoms with Crippen LogP contribution in [0.15, 0.2) is 29.4 Å². The molecule has 0 aromatic carbocycles. The number of nitrogens with zero attached hydrogens (tertiary/aromatic N) is 1. The first-order valence-electron chi connectivity index (χ1n) is 7.34. The molecule has 0 atom stereocenters. The second-order valence-electron chi connectivity index (χ2n) is 6.09. The summed E-state index contributed by atoms with van der Waals surface area (Å²) in [5.41, 5.74) is -0.277. The summed E-state index contributed by atoms with van der Waals surface area (Å²) in [6.07, 6.45) is 8.32. The molecule has 20 heavy (non-hydrogen) atoms. The molecule has 1 aliphatic rings. The van der Waals surface area contributed by atoms with Crippen LogP contribution in [-0.2, 0) is 9.84 Å². The summed E-state index contributed by atoms with van der Waals surface area (Å²) in [6.45, 7) is 4.15. The van der Waals surface area contributed by atoms with Crippen LogP contribution in [0.2, 0.25) is 0 Å². The summed E-state index contributed by atoms with van der Waals surface area (Å²) < 4.78 is 25.2. The maximum Gasteiger partial charge on any atom is 0.181 e. The maximum atomic E-state index is 12.6. The van der Waals surface area contributed by atoms with E-state index in [4.69, 9.17) is 0 Å². The van der Waals surface area contributed by atoms with E-state index in [0.717, 1.165) is 25.7 Å². The first-order chi connectivity index (χ1) is 9.44. The van der Waals surface area contributed by atoms with Crippen LogP contribution < -0.4 is 5.32 Å². The van der Waals surface area contributed by atoms with E-state index in [9.17, 15) is 8.42 Å². The predicted molar refractivity (Wildman–Crippen MR) is 80.4 cm³/mol. The number of sulfone groups is 1. The third-order valence-corrected chi connectivity index (χ3v) is 5.76. The van der Waals surface area contributed by atoms with Crippen molar-refractivity contribution in [2.75, 3.05) is 5.75 Å². The van der Waals surface area contributed by atoms with E-state index in [1.165, 1.54) is 12.6 Å². The molecule has 1 saturated carbocycles. The van der Waals surface area contributed by atoms with Gasteiger partial charge in [0.15, 0.2) is 9.84 Å². The smallest absolute Gasteiger partial charge is 0.181 e. The van der Waals surface area contributed by atoms with Crippen LogP contribution in [0.5, 0.6) is 0 Å². The predicted octanol–water partition coefficient (Wildman–Crippen LogP) is 2.56. The third kappa shape index (κ3) is 3.79. The lowest BCUT2D eigenvalue weighted by Gasteiger charge is -2.39. The monoisotopic (exact) mass is 296 g/mol. The maximum absolute atomic E-state index is 12.6. The zero-order valence-corrected chi connectivity index (χ0v) is 13.1. The second-order valence-corrected chi connectivity index (χ2v) is 8.08. The van der Waals surface area contributed by atoms with Gasteiger partial charge < -0.3 is 5.32 Å². The Morgan fingerprint density at radius 3 is 2.55 bits per heavy atom. The average Bonchev–Trinajstić information content (AvgIpc) is 2.39. The highest BCUT2D eigenvalue weighted by molar-refractivity contribution is 7.91. The van der Waals surface area contributed by atoms with Crippen molar-refractivity contribution in [3.63, 3.8) is 0 Å². The molecule has 1 aliphatic carbocycles. The average molecular weight is 296 g/mol. The van der Waals surface area contributed by atoms with E-state index in [-0.39, 0.29) is 17.3 Å². The van der Waals surface area contributed by atoms with E-state index in [1.54, 1.807) is 18.3 Å². The molecule has 112 valence electrons. The highest BCUT2D eigenvalue weighted by atomic mass is 32.2. The van der Waals surface area contributed by atoms with Gasteiger partial charge in [0.05, 0.1) is 10.6 Å². The van der Waals surface area contributed by atoms with Crippen molar-refractivity contribution >= 4 is 9.84 Å². The Morgan fingerprint density at radius 2 is 2.00 bits per heavy atom. The minimum absolute atomic E-state index is 0.171. The molecule has 5 heteroatoms. The highest BCUT2D eigenvalue weighted by Crippen LogP contribution is 2.31. The molecule has 0 bridgehead atoms. The number of nitrogens with one attached hydrogen (secondary N) is 1. The quantitative estimate of drug-likeness (QED) is 0.907. The fourth-order valence-electron chi connectivity index (χ4n) is 3.15. The molecule has 0 saturated heterocycles.